The van der Waals surface area contributed by atoms with E-state index in [1.54, 1.807) is 13.2 Å². The topological polar surface area (TPSA) is 70.7 Å². The summed E-state index contributed by atoms with van der Waals surface area (Å²) < 4.78 is 5.37. The molecule has 0 radical (unpaired) electrons. The summed E-state index contributed by atoms with van der Waals surface area (Å²) in [6, 6.07) is 13.5. The minimum Gasteiger partial charge on any atom is -0.497 e. The van der Waals surface area contributed by atoms with Crippen molar-refractivity contribution in [3.63, 3.8) is 0 Å². The number of benzene rings is 2. The fourth-order valence-electron chi connectivity index (χ4n) is 3.61. The summed E-state index contributed by atoms with van der Waals surface area (Å²) in [5, 5.41) is 5.82. The van der Waals surface area contributed by atoms with Crippen molar-refractivity contribution in [2.24, 2.45) is 0 Å². The highest BCUT2D eigenvalue weighted by molar-refractivity contribution is 8.00. The van der Waals surface area contributed by atoms with Gasteiger partial charge in [-0.2, -0.15) is 0 Å². The number of thioether (sulfide) groups is 1. The van der Waals surface area contributed by atoms with E-state index in [1.807, 2.05) is 37.3 Å². The maximum atomic E-state index is 12.9. The third-order valence-corrected chi connectivity index (χ3v) is 6.54. The third-order valence-electron chi connectivity index (χ3n) is 5.36. The number of ether oxygens (including phenoxy) is 1. The first-order chi connectivity index (χ1) is 14.5. The molecule has 0 saturated carbocycles. The largest absolute Gasteiger partial charge is 0.497 e. The molecule has 1 aliphatic heterocycles. The van der Waals surface area contributed by atoms with E-state index in [4.69, 9.17) is 4.74 Å². The van der Waals surface area contributed by atoms with Crippen LogP contribution in [0.2, 0.25) is 0 Å². The Hall–Kier alpha value is -2.51. The monoisotopic (exact) mass is 427 g/mol. The van der Waals surface area contributed by atoms with Gasteiger partial charge in [0.05, 0.1) is 24.1 Å². The molecule has 0 spiro atoms. The van der Waals surface area contributed by atoms with Crippen molar-refractivity contribution in [2.75, 3.05) is 32.1 Å². The average Bonchev–Trinajstić information content (AvgIpc) is 2.77. The fourth-order valence-corrected chi connectivity index (χ4v) is 4.54. The zero-order valence-electron chi connectivity index (χ0n) is 17.9. The summed E-state index contributed by atoms with van der Waals surface area (Å²) in [4.78, 5) is 28.1. The number of rotatable bonds is 8. The van der Waals surface area contributed by atoms with Crippen LogP contribution in [0.4, 0.5) is 5.69 Å². The molecule has 2 atom stereocenters. The van der Waals surface area contributed by atoms with Gasteiger partial charge in [0, 0.05) is 17.0 Å². The van der Waals surface area contributed by atoms with Crippen LogP contribution in [0.15, 0.2) is 47.4 Å². The summed E-state index contributed by atoms with van der Waals surface area (Å²) in [5.41, 5.74) is 2.33. The molecule has 2 aromatic rings. The lowest BCUT2D eigenvalue weighted by molar-refractivity contribution is -0.115. The van der Waals surface area contributed by atoms with Gasteiger partial charge in [0.1, 0.15) is 5.75 Å². The Bertz CT molecular complexity index is 914. The molecule has 1 aliphatic rings. The van der Waals surface area contributed by atoms with Crippen LogP contribution in [0.5, 0.6) is 5.75 Å². The zero-order valence-corrected chi connectivity index (χ0v) is 18.7. The van der Waals surface area contributed by atoms with Crippen LogP contribution in [-0.2, 0) is 4.79 Å². The van der Waals surface area contributed by atoms with E-state index in [9.17, 15) is 9.59 Å². The highest BCUT2D eigenvalue weighted by atomic mass is 32.2. The van der Waals surface area contributed by atoms with Crippen LogP contribution >= 0.6 is 11.8 Å². The molecule has 7 heteroatoms. The number of fused-ring (bicyclic) bond motifs is 1. The van der Waals surface area contributed by atoms with Gasteiger partial charge in [-0.15, -0.1) is 11.8 Å². The number of nitrogens with one attached hydrogen (secondary N) is 2. The summed E-state index contributed by atoms with van der Waals surface area (Å²) >= 11 is 1.51. The molecule has 6 nitrogen and oxygen atoms in total. The van der Waals surface area contributed by atoms with E-state index in [0.717, 1.165) is 29.3 Å². The molecule has 2 amide bonds. The van der Waals surface area contributed by atoms with Gasteiger partial charge < -0.3 is 15.4 Å². The SMILES string of the molecule is CCN(CC)[C@H](CNC(=O)c1ccc2c(c1)NC(=O)[C@@H](C)S2)c1cccc(OC)c1. The number of methoxy groups -OCH3 is 1. The fraction of sp³-hybridized carbons (Fsp3) is 0.391. The highest BCUT2D eigenvalue weighted by Crippen LogP contribution is 2.36. The van der Waals surface area contributed by atoms with Crippen molar-refractivity contribution in [1.29, 1.82) is 0 Å². The summed E-state index contributed by atoms with van der Waals surface area (Å²) in [6.45, 7) is 8.31. The van der Waals surface area contributed by atoms with Gasteiger partial charge in [-0.1, -0.05) is 26.0 Å². The van der Waals surface area contributed by atoms with Gasteiger partial charge in [-0.25, -0.2) is 0 Å². The van der Waals surface area contributed by atoms with Crippen molar-refractivity contribution in [3.8, 4) is 5.75 Å². The summed E-state index contributed by atoms with van der Waals surface area (Å²) in [5.74, 6) is 0.605. The Labute approximate surface area is 182 Å². The van der Waals surface area contributed by atoms with Gasteiger partial charge >= 0.3 is 0 Å². The first-order valence-electron chi connectivity index (χ1n) is 10.2. The average molecular weight is 428 g/mol. The molecule has 1 heterocycles. The molecule has 0 aliphatic carbocycles. The van der Waals surface area contributed by atoms with Gasteiger partial charge in [0.2, 0.25) is 5.91 Å². The van der Waals surface area contributed by atoms with Gasteiger partial charge in [-0.05, 0) is 55.9 Å². The Morgan fingerprint density at radius 2 is 2.00 bits per heavy atom. The third kappa shape index (κ3) is 4.96. The molecule has 3 rings (SSSR count). The van der Waals surface area contributed by atoms with Crippen LogP contribution in [0.1, 0.15) is 42.7 Å². The van der Waals surface area contributed by atoms with Crippen LogP contribution < -0.4 is 15.4 Å². The van der Waals surface area contributed by atoms with Gasteiger partial charge in [0.25, 0.3) is 5.91 Å². The van der Waals surface area contributed by atoms with Crippen molar-refractivity contribution in [3.05, 3.63) is 53.6 Å². The Morgan fingerprint density at radius 1 is 1.23 bits per heavy atom. The zero-order chi connectivity index (χ0) is 21.7. The molecule has 0 saturated heterocycles. The summed E-state index contributed by atoms with van der Waals surface area (Å²) in [6.07, 6.45) is 0. The van der Waals surface area contributed by atoms with E-state index in [2.05, 4.69) is 35.4 Å². The number of nitrogens with zero attached hydrogens (tertiary/aromatic N) is 1. The van der Waals surface area contributed by atoms with Crippen LogP contribution in [0, 0.1) is 0 Å². The number of hydrogen-bond donors (Lipinski definition) is 2. The normalized spacial score (nSPS) is 16.6. The lowest BCUT2D eigenvalue weighted by Gasteiger charge is -2.30. The predicted molar refractivity (Wildman–Crippen MR) is 121 cm³/mol. The van der Waals surface area contributed by atoms with Crippen LogP contribution in [0.3, 0.4) is 0 Å². The maximum absolute atomic E-state index is 12.9. The standard InChI is InChI=1S/C23H29N3O3S/c1-5-26(6-2)20(16-8-7-9-18(12-16)29-4)14-24-23(28)17-10-11-21-19(13-17)25-22(27)15(3)30-21/h7-13,15,20H,5-6,14H2,1-4H3,(H,24,28)(H,25,27)/t15-,20-/m1/s1. The second-order valence-corrected chi connectivity index (χ2v) is 8.57. The van der Waals surface area contributed by atoms with E-state index in [1.165, 1.54) is 11.8 Å². The molecular weight excluding hydrogens is 398 g/mol. The minimum absolute atomic E-state index is 0.0350. The first kappa shape index (κ1) is 22.2. The van der Waals surface area contributed by atoms with Gasteiger partial charge in [-0.3, -0.25) is 14.5 Å². The number of likely N-dealkylation sites (N-methyl/N-ethyl adjacent to an activating group) is 1. The molecule has 2 N–H and O–H groups in total. The van der Waals surface area contributed by atoms with E-state index in [-0.39, 0.29) is 23.1 Å². The summed E-state index contributed by atoms with van der Waals surface area (Å²) in [7, 11) is 1.65. The Kier molecular flexibility index (Phi) is 7.39. The molecule has 0 aromatic heterocycles. The highest BCUT2D eigenvalue weighted by Gasteiger charge is 2.24. The molecule has 2 aromatic carbocycles. The number of carbonyl (C=O) groups is 2. The van der Waals surface area contributed by atoms with E-state index >= 15 is 0 Å². The van der Waals surface area contributed by atoms with Crippen LogP contribution in [-0.4, -0.2) is 48.7 Å². The van der Waals surface area contributed by atoms with Crippen LogP contribution in [0.25, 0.3) is 0 Å². The molecule has 30 heavy (non-hydrogen) atoms. The number of hydrogen-bond acceptors (Lipinski definition) is 5. The quantitative estimate of drug-likeness (QED) is 0.668. The Balaban J connectivity index is 1.76. The first-order valence-corrected chi connectivity index (χ1v) is 11.1. The lowest BCUT2D eigenvalue weighted by atomic mass is 10.0. The van der Waals surface area contributed by atoms with Crippen molar-refractivity contribution in [2.45, 2.75) is 37.0 Å². The molecule has 0 unspecified atom stereocenters. The minimum atomic E-state index is -0.157. The molecule has 0 fully saturated rings. The Morgan fingerprint density at radius 3 is 2.70 bits per heavy atom. The van der Waals surface area contributed by atoms with Gasteiger partial charge in [0.15, 0.2) is 0 Å². The van der Waals surface area contributed by atoms with Crippen molar-refractivity contribution >= 4 is 29.3 Å². The number of amides is 2. The van der Waals surface area contributed by atoms with E-state index < -0.39 is 0 Å². The van der Waals surface area contributed by atoms with Crippen molar-refractivity contribution < 1.29 is 14.3 Å². The number of carbonyl (C=O) groups excluding carboxylic acids is 2. The maximum Gasteiger partial charge on any atom is 0.251 e. The molecule has 0 bridgehead atoms. The molecular formula is C23H29N3O3S. The second-order valence-electron chi connectivity index (χ2n) is 7.18. The molecule has 160 valence electrons. The van der Waals surface area contributed by atoms with Crippen molar-refractivity contribution in [1.82, 2.24) is 10.2 Å². The smallest absolute Gasteiger partial charge is 0.251 e. The number of anilines is 1. The second kappa shape index (κ2) is 10.00. The predicted octanol–water partition coefficient (Wildman–Crippen LogP) is 3.94. The van der Waals surface area contributed by atoms with E-state index in [0.29, 0.717) is 17.8 Å². The lowest BCUT2D eigenvalue weighted by Crippen LogP contribution is -2.38.